The molecule has 1 saturated carbocycles. The third-order valence-electron chi connectivity index (χ3n) is 2.61. The third-order valence-corrected chi connectivity index (χ3v) is 4.00. The number of rotatable bonds is 5. The topological polar surface area (TPSA) is 18.5 Å². The van der Waals surface area contributed by atoms with Crippen LogP contribution in [0.2, 0.25) is 0 Å². The minimum atomic E-state index is 0.165. The maximum atomic E-state index is 6.06. The second-order valence-electron chi connectivity index (χ2n) is 3.91. The van der Waals surface area contributed by atoms with Crippen molar-refractivity contribution in [3.63, 3.8) is 0 Å². The largest absolute Gasteiger partial charge is 0.382 e. The zero-order chi connectivity index (χ0) is 9.73. The molecule has 0 spiro atoms. The molecule has 0 N–H and O–H groups in total. The first-order chi connectivity index (χ1) is 6.22. The highest BCUT2D eigenvalue weighted by molar-refractivity contribution is 14.1. The third kappa shape index (κ3) is 3.36. The van der Waals surface area contributed by atoms with Crippen molar-refractivity contribution in [1.82, 2.24) is 0 Å². The fourth-order valence-electron chi connectivity index (χ4n) is 2.00. The van der Waals surface area contributed by atoms with Gasteiger partial charge in [-0.2, -0.15) is 0 Å². The highest BCUT2D eigenvalue weighted by Gasteiger charge is 2.35. The predicted octanol–water partition coefficient (Wildman–Crippen LogP) is 2.79. The quantitative estimate of drug-likeness (QED) is 0.574. The Kier molecular flexibility index (Phi) is 4.97. The lowest BCUT2D eigenvalue weighted by molar-refractivity contribution is -0.0891. The number of hydrogen-bond donors (Lipinski definition) is 0. The van der Waals surface area contributed by atoms with Gasteiger partial charge < -0.3 is 9.47 Å². The molecule has 0 aliphatic heterocycles. The number of hydrogen-bond acceptors (Lipinski definition) is 2. The summed E-state index contributed by atoms with van der Waals surface area (Å²) in [7, 11) is 1.73. The molecule has 0 bridgehead atoms. The molecular weight excluding hydrogens is 279 g/mol. The molecule has 1 fully saturated rings. The highest BCUT2D eigenvalue weighted by atomic mass is 127. The van der Waals surface area contributed by atoms with Gasteiger partial charge in [0.2, 0.25) is 0 Å². The zero-order valence-corrected chi connectivity index (χ0v) is 10.7. The molecule has 1 aliphatic rings. The average molecular weight is 298 g/mol. The monoisotopic (exact) mass is 298 g/mol. The lowest BCUT2D eigenvalue weighted by atomic mass is 10.1. The number of alkyl halides is 1. The maximum absolute atomic E-state index is 6.06. The summed E-state index contributed by atoms with van der Waals surface area (Å²) < 4.78 is 12.2. The minimum absolute atomic E-state index is 0.165. The molecule has 1 atom stereocenters. The van der Waals surface area contributed by atoms with Crippen LogP contribution in [0.3, 0.4) is 0 Å². The van der Waals surface area contributed by atoms with E-state index in [1.807, 2.05) is 0 Å². The Morgan fingerprint density at radius 1 is 1.38 bits per heavy atom. The van der Waals surface area contributed by atoms with E-state index in [-0.39, 0.29) is 11.7 Å². The fourth-order valence-corrected chi connectivity index (χ4v) is 2.94. The SMILES string of the molecule is COCC(C)OC1(CI)CCCC1. The fraction of sp³-hybridized carbons (Fsp3) is 1.00. The van der Waals surface area contributed by atoms with Gasteiger partial charge in [0, 0.05) is 11.5 Å². The van der Waals surface area contributed by atoms with Crippen molar-refractivity contribution < 1.29 is 9.47 Å². The molecule has 0 aromatic rings. The lowest BCUT2D eigenvalue weighted by Gasteiger charge is -2.30. The molecule has 1 rings (SSSR count). The molecule has 0 amide bonds. The van der Waals surface area contributed by atoms with Crippen LogP contribution in [0.15, 0.2) is 0 Å². The van der Waals surface area contributed by atoms with E-state index in [0.717, 1.165) is 4.43 Å². The second kappa shape index (κ2) is 5.51. The van der Waals surface area contributed by atoms with E-state index < -0.39 is 0 Å². The smallest absolute Gasteiger partial charge is 0.0788 e. The first kappa shape index (κ1) is 11.7. The molecule has 78 valence electrons. The van der Waals surface area contributed by atoms with Crippen molar-refractivity contribution in [2.75, 3.05) is 18.1 Å². The Bertz CT molecular complexity index is 144. The molecule has 3 heteroatoms. The molecule has 0 radical (unpaired) electrons. The van der Waals surface area contributed by atoms with E-state index in [1.165, 1.54) is 25.7 Å². The predicted molar refractivity (Wildman–Crippen MR) is 62.5 cm³/mol. The van der Waals surface area contributed by atoms with Gasteiger partial charge in [-0.1, -0.05) is 35.4 Å². The Morgan fingerprint density at radius 2 is 2.00 bits per heavy atom. The van der Waals surface area contributed by atoms with E-state index in [0.29, 0.717) is 6.61 Å². The molecule has 1 aliphatic carbocycles. The average Bonchev–Trinajstić information content (AvgIpc) is 2.54. The van der Waals surface area contributed by atoms with E-state index >= 15 is 0 Å². The van der Waals surface area contributed by atoms with Crippen LogP contribution < -0.4 is 0 Å². The summed E-state index contributed by atoms with van der Waals surface area (Å²) in [5.41, 5.74) is 0.165. The Labute approximate surface area is 94.5 Å². The van der Waals surface area contributed by atoms with E-state index in [1.54, 1.807) is 7.11 Å². The number of halogens is 1. The van der Waals surface area contributed by atoms with Gasteiger partial charge in [0.1, 0.15) is 0 Å². The first-order valence-corrected chi connectivity index (χ1v) is 6.48. The molecule has 0 aromatic carbocycles. The normalized spacial score (nSPS) is 23.3. The molecule has 2 nitrogen and oxygen atoms in total. The summed E-state index contributed by atoms with van der Waals surface area (Å²) in [6.45, 7) is 2.80. The molecular formula is C10H19IO2. The summed E-state index contributed by atoms with van der Waals surface area (Å²) in [5.74, 6) is 0. The van der Waals surface area contributed by atoms with Crippen molar-refractivity contribution in [3.8, 4) is 0 Å². The van der Waals surface area contributed by atoms with Gasteiger partial charge in [-0.25, -0.2) is 0 Å². The van der Waals surface area contributed by atoms with Crippen LogP contribution in [0, 0.1) is 0 Å². The zero-order valence-electron chi connectivity index (χ0n) is 8.51. The van der Waals surface area contributed by atoms with Gasteiger partial charge in [-0.05, 0) is 19.8 Å². The molecule has 1 unspecified atom stereocenters. The molecule has 13 heavy (non-hydrogen) atoms. The van der Waals surface area contributed by atoms with Crippen LogP contribution in [0.4, 0.5) is 0 Å². The summed E-state index contributed by atoms with van der Waals surface area (Å²) in [5, 5.41) is 0. The van der Waals surface area contributed by atoms with E-state index in [4.69, 9.17) is 9.47 Å². The van der Waals surface area contributed by atoms with Crippen LogP contribution in [-0.4, -0.2) is 29.8 Å². The molecule has 0 saturated heterocycles. The van der Waals surface area contributed by atoms with E-state index in [2.05, 4.69) is 29.5 Å². The summed E-state index contributed by atoms with van der Waals surface area (Å²) in [6, 6.07) is 0. The van der Waals surface area contributed by atoms with E-state index in [9.17, 15) is 0 Å². The van der Waals surface area contributed by atoms with Gasteiger partial charge >= 0.3 is 0 Å². The summed E-state index contributed by atoms with van der Waals surface area (Å²) in [6.07, 6.45) is 5.33. The van der Waals surface area contributed by atoms with Crippen LogP contribution in [0.1, 0.15) is 32.6 Å². The van der Waals surface area contributed by atoms with Crippen LogP contribution in [0.25, 0.3) is 0 Å². The Balaban J connectivity index is 2.38. The molecule has 0 aromatic heterocycles. The maximum Gasteiger partial charge on any atom is 0.0788 e. The van der Waals surface area contributed by atoms with Gasteiger partial charge in [0.15, 0.2) is 0 Å². The van der Waals surface area contributed by atoms with Crippen molar-refractivity contribution in [2.45, 2.75) is 44.3 Å². The molecule has 0 heterocycles. The van der Waals surface area contributed by atoms with Gasteiger partial charge in [0.25, 0.3) is 0 Å². The van der Waals surface area contributed by atoms with Crippen molar-refractivity contribution in [2.24, 2.45) is 0 Å². The first-order valence-electron chi connectivity index (χ1n) is 4.95. The van der Waals surface area contributed by atoms with Crippen molar-refractivity contribution >= 4 is 22.6 Å². The van der Waals surface area contributed by atoms with Crippen LogP contribution in [-0.2, 0) is 9.47 Å². The van der Waals surface area contributed by atoms with Crippen molar-refractivity contribution in [1.29, 1.82) is 0 Å². The second-order valence-corrected chi connectivity index (χ2v) is 4.67. The summed E-state index contributed by atoms with van der Waals surface area (Å²) in [4.78, 5) is 0. The number of methoxy groups -OCH3 is 1. The minimum Gasteiger partial charge on any atom is -0.382 e. The van der Waals surface area contributed by atoms with Crippen molar-refractivity contribution in [3.05, 3.63) is 0 Å². The van der Waals surface area contributed by atoms with Gasteiger partial charge in [-0.3, -0.25) is 0 Å². The Hall–Kier alpha value is 0.650. The summed E-state index contributed by atoms with van der Waals surface area (Å²) >= 11 is 2.44. The van der Waals surface area contributed by atoms with Gasteiger partial charge in [0.05, 0.1) is 18.3 Å². The standard InChI is InChI=1S/C10H19IO2/c1-9(7-12-2)13-10(8-11)5-3-4-6-10/h9H,3-8H2,1-2H3. The number of ether oxygens (including phenoxy) is 2. The van der Waals surface area contributed by atoms with Crippen LogP contribution in [0.5, 0.6) is 0 Å². The highest BCUT2D eigenvalue weighted by Crippen LogP contribution is 2.35. The van der Waals surface area contributed by atoms with Gasteiger partial charge in [-0.15, -0.1) is 0 Å². The lowest BCUT2D eigenvalue weighted by Crippen LogP contribution is -2.36. The van der Waals surface area contributed by atoms with Crippen LogP contribution >= 0.6 is 22.6 Å². The Morgan fingerprint density at radius 3 is 2.46 bits per heavy atom.